The van der Waals surface area contributed by atoms with Gasteiger partial charge in [0.1, 0.15) is 12.2 Å². The van der Waals surface area contributed by atoms with Gasteiger partial charge in [-0.15, -0.1) is 0 Å². The van der Waals surface area contributed by atoms with Gasteiger partial charge in [-0.3, -0.25) is 4.79 Å². The van der Waals surface area contributed by atoms with Crippen LogP contribution in [-0.4, -0.2) is 57.3 Å². The topological polar surface area (TPSA) is 110 Å². The van der Waals surface area contributed by atoms with E-state index in [0.29, 0.717) is 12.8 Å². The fourth-order valence-corrected chi connectivity index (χ4v) is 10.4. The summed E-state index contributed by atoms with van der Waals surface area (Å²) in [5, 5.41) is 44.1. The van der Waals surface area contributed by atoms with E-state index < -0.39 is 36.9 Å². The Morgan fingerprint density at radius 2 is 0.500 bits per heavy atom. The lowest BCUT2D eigenvalue weighted by molar-refractivity contribution is -0.132. The van der Waals surface area contributed by atoms with Crippen LogP contribution in [0.3, 0.4) is 0 Å². The summed E-state index contributed by atoms with van der Waals surface area (Å²) in [6.07, 6.45) is 67.7. The summed E-state index contributed by atoms with van der Waals surface area (Å²) in [5.41, 5.74) is 0. The molecule has 0 saturated heterocycles. The van der Waals surface area contributed by atoms with Crippen LogP contribution in [0, 0.1) is 0 Å². The third kappa shape index (κ3) is 50.3. The molecule has 408 valence electrons. The normalized spacial score (nSPS) is 13.6. The first kappa shape index (κ1) is 67.3. The van der Waals surface area contributed by atoms with Gasteiger partial charge in [0.2, 0.25) is 5.91 Å². The molecule has 4 unspecified atom stereocenters. The third-order valence-electron chi connectivity index (χ3n) is 15.3. The molecule has 0 rings (SSSR count). The van der Waals surface area contributed by atoms with Crippen LogP contribution in [0.2, 0.25) is 0 Å². The van der Waals surface area contributed by atoms with E-state index in [2.05, 4.69) is 19.2 Å². The first-order valence-corrected chi connectivity index (χ1v) is 31.4. The molecule has 0 fully saturated rings. The molecule has 6 nitrogen and oxygen atoms in total. The molecule has 0 aliphatic carbocycles. The van der Waals surface area contributed by atoms with E-state index in [9.17, 15) is 25.2 Å². The zero-order valence-electron chi connectivity index (χ0n) is 46.4. The largest absolute Gasteiger partial charge is 0.394 e. The van der Waals surface area contributed by atoms with E-state index in [4.69, 9.17) is 0 Å². The number of hydrogen-bond acceptors (Lipinski definition) is 5. The Bertz CT molecular complexity index is 948. The van der Waals surface area contributed by atoms with Gasteiger partial charge in [-0.05, 0) is 12.8 Å². The van der Waals surface area contributed by atoms with Gasteiger partial charge in [-0.2, -0.15) is 0 Å². The first-order valence-electron chi connectivity index (χ1n) is 31.4. The summed E-state index contributed by atoms with van der Waals surface area (Å²) in [5.74, 6) is -0.574. The molecule has 0 aliphatic heterocycles. The highest BCUT2D eigenvalue weighted by molar-refractivity contribution is 5.80. The Kier molecular flexibility index (Phi) is 56.6. The smallest absolute Gasteiger partial charge is 0.249 e. The third-order valence-corrected chi connectivity index (χ3v) is 15.3. The lowest BCUT2D eigenvalue weighted by atomic mass is 9.99. The lowest BCUT2D eigenvalue weighted by Crippen LogP contribution is -2.53. The Labute approximate surface area is 426 Å². The van der Waals surface area contributed by atoms with E-state index in [1.807, 2.05) is 0 Å². The predicted octanol–water partition coefficient (Wildman–Crippen LogP) is 18.7. The maximum Gasteiger partial charge on any atom is 0.249 e. The number of amides is 1. The zero-order valence-corrected chi connectivity index (χ0v) is 46.4. The Hall–Kier alpha value is -0.690. The van der Waals surface area contributed by atoms with Crippen molar-refractivity contribution in [1.29, 1.82) is 0 Å². The number of rotatable bonds is 59. The Morgan fingerprint density at radius 1 is 0.309 bits per heavy atom. The van der Waals surface area contributed by atoms with Crippen molar-refractivity contribution in [2.75, 3.05) is 6.61 Å². The molecule has 0 aromatic carbocycles. The molecule has 6 heteroatoms. The van der Waals surface area contributed by atoms with Gasteiger partial charge < -0.3 is 25.7 Å². The van der Waals surface area contributed by atoms with Gasteiger partial charge in [0.15, 0.2) is 0 Å². The van der Waals surface area contributed by atoms with Crippen LogP contribution in [0.25, 0.3) is 0 Å². The van der Waals surface area contributed by atoms with Crippen LogP contribution in [-0.2, 0) is 4.79 Å². The maximum absolute atomic E-state index is 12.6. The highest BCUT2D eigenvalue weighted by atomic mass is 16.3. The van der Waals surface area contributed by atoms with Crippen molar-refractivity contribution in [2.24, 2.45) is 0 Å². The second-order valence-corrected chi connectivity index (χ2v) is 22.1. The molecule has 0 aromatic rings. The van der Waals surface area contributed by atoms with E-state index in [-0.39, 0.29) is 0 Å². The summed E-state index contributed by atoms with van der Waals surface area (Å²) in [6, 6.07) is -0.981. The molecule has 0 aromatic heterocycles. The van der Waals surface area contributed by atoms with Crippen LogP contribution in [0.1, 0.15) is 361 Å². The fourth-order valence-electron chi connectivity index (χ4n) is 10.4. The number of nitrogens with one attached hydrogen (secondary N) is 1. The number of carbonyl (C=O) groups excluding carboxylic acids is 1. The molecule has 0 bridgehead atoms. The van der Waals surface area contributed by atoms with Crippen LogP contribution in [0.15, 0.2) is 0 Å². The second kappa shape index (κ2) is 57.2. The van der Waals surface area contributed by atoms with Crippen LogP contribution in [0.4, 0.5) is 0 Å². The molecule has 1 amide bonds. The molecule has 4 atom stereocenters. The minimum atomic E-state index is -1.26. The maximum atomic E-state index is 12.6. The molecule has 68 heavy (non-hydrogen) atoms. The monoisotopic (exact) mass is 964 g/mol. The summed E-state index contributed by atoms with van der Waals surface area (Å²) in [7, 11) is 0. The summed E-state index contributed by atoms with van der Waals surface area (Å²) >= 11 is 0. The summed E-state index contributed by atoms with van der Waals surface area (Å²) in [6.45, 7) is 4.11. The Morgan fingerprint density at radius 3 is 0.706 bits per heavy atom. The molecule has 0 saturated carbocycles. The van der Waals surface area contributed by atoms with Gasteiger partial charge in [0, 0.05) is 0 Å². The average Bonchev–Trinajstić information content (AvgIpc) is 3.34. The van der Waals surface area contributed by atoms with Gasteiger partial charge in [-0.1, -0.05) is 348 Å². The van der Waals surface area contributed by atoms with Crippen molar-refractivity contribution in [3.8, 4) is 0 Å². The van der Waals surface area contributed by atoms with Crippen molar-refractivity contribution in [3.63, 3.8) is 0 Å². The number of unbranched alkanes of at least 4 members (excludes halogenated alkanes) is 50. The average molecular weight is 965 g/mol. The molecular formula is C62H125NO5. The van der Waals surface area contributed by atoms with E-state index in [1.54, 1.807) is 0 Å². The fraction of sp³-hybridized carbons (Fsp3) is 0.984. The molecule has 0 heterocycles. The van der Waals surface area contributed by atoms with Crippen LogP contribution < -0.4 is 5.32 Å². The zero-order chi connectivity index (χ0) is 49.5. The van der Waals surface area contributed by atoms with Gasteiger partial charge in [0.25, 0.3) is 0 Å². The molecule has 5 N–H and O–H groups in total. The van der Waals surface area contributed by atoms with Gasteiger partial charge >= 0.3 is 0 Å². The van der Waals surface area contributed by atoms with Crippen molar-refractivity contribution in [3.05, 3.63) is 0 Å². The molecular weight excluding hydrogens is 839 g/mol. The quantitative estimate of drug-likeness (QED) is 0.0390. The first-order chi connectivity index (χ1) is 33.5. The van der Waals surface area contributed by atoms with E-state index >= 15 is 0 Å². The molecule has 0 spiro atoms. The van der Waals surface area contributed by atoms with Crippen molar-refractivity contribution in [2.45, 2.75) is 385 Å². The van der Waals surface area contributed by atoms with Crippen molar-refractivity contribution < 1.29 is 25.2 Å². The minimum Gasteiger partial charge on any atom is -0.394 e. The Balaban J connectivity index is 3.52. The SMILES string of the molecule is CCCCCCCCCCCCCCCCCCCCCCCCCCCCCCCCCCC(O)C(=O)NC(CO)C(O)C(O)CCCCCCCCCCCCCCCCCCCCCC. The van der Waals surface area contributed by atoms with Crippen LogP contribution >= 0.6 is 0 Å². The molecule has 0 aliphatic rings. The van der Waals surface area contributed by atoms with Crippen molar-refractivity contribution in [1.82, 2.24) is 5.32 Å². The number of aliphatic hydroxyl groups excluding tert-OH is 4. The minimum absolute atomic E-state index is 0.377. The van der Waals surface area contributed by atoms with Crippen LogP contribution in [0.5, 0.6) is 0 Å². The van der Waals surface area contributed by atoms with E-state index in [0.717, 1.165) is 38.5 Å². The van der Waals surface area contributed by atoms with Gasteiger partial charge in [-0.25, -0.2) is 0 Å². The highest BCUT2D eigenvalue weighted by Crippen LogP contribution is 2.19. The highest BCUT2D eigenvalue weighted by Gasteiger charge is 2.28. The lowest BCUT2D eigenvalue weighted by Gasteiger charge is -2.27. The summed E-state index contributed by atoms with van der Waals surface area (Å²) < 4.78 is 0. The second-order valence-electron chi connectivity index (χ2n) is 22.1. The molecule has 0 radical (unpaired) electrons. The summed E-state index contributed by atoms with van der Waals surface area (Å²) in [4.78, 5) is 12.6. The predicted molar refractivity (Wildman–Crippen MR) is 298 cm³/mol. The number of hydrogen-bond donors (Lipinski definition) is 5. The number of carbonyl (C=O) groups is 1. The standard InChI is InChI=1S/C62H125NO5/c1-3-5-7-9-11-13-15-17-19-21-23-25-26-27-28-29-30-31-32-33-34-35-36-38-40-42-44-46-48-50-52-54-56-60(66)62(68)63-58(57-64)61(67)59(65)55-53-51-49-47-45-43-41-39-37-24-22-20-18-16-14-12-10-8-6-4-2/h58-61,64-67H,3-57H2,1-2H3,(H,63,68). The van der Waals surface area contributed by atoms with E-state index in [1.165, 1.54) is 295 Å². The van der Waals surface area contributed by atoms with Crippen molar-refractivity contribution >= 4 is 5.91 Å². The number of aliphatic hydroxyl groups is 4. The van der Waals surface area contributed by atoms with Gasteiger partial charge in [0.05, 0.1) is 18.8 Å².